The second kappa shape index (κ2) is 5.94. The van der Waals surface area contributed by atoms with Gasteiger partial charge in [-0.15, -0.1) is 0 Å². The Kier molecular flexibility index (Phi) is 4.19. The number of anilines is 1. The molecule has 0 spiro atoms. The number of benzene rings is 1. The first-order valence-electron chi connectivity index (χ1n) is 7.72. The summed E-state index contributed by atoms with van der Waals surface area (Å²) in [5.74, 6) is 6.00. The number of rotatable bonds is 4. The molecule has 1 aliphatic heterocycles. The molecule has 21 heavy (non-hydrogen) atoms. The Balaban J connectivity index is 1.93. The van der Waals surface area contributed by atoms with E-state index in [9.17, 15) is 8.42 Å². The summed E-state index contributed by atoms with van der Waals surface area (Å²) >= 11 is 0. The van der Waals surface area contributed by atoms with Crippen LogP contribution in [0.1, 0.15) is 38.5 Å². The third-order valence-electron chi connectivity index (χ3n) is 4.82. The van der Waals surface area contributed by atoms with Gasteiger partial charge >= 0.3 is 0 Å². The lowest BCUT2D eigenvalue weighted by Crippen LogP contribution is -2.39. The number of hydrazine groups is 1. The van der Waals surface area contributed by atoms with E-state index in [-0.39, 0.29) is 10.9 Å². The molecule has 1 saturated heterocycles. The lowest BCUT2D eigenvalue weighted by molar-refractivity contribution is 0.288. The van der Waals surface area contributed by atoms with Crippen LogP contribution in [0.4, 0.5) is 5.69 Å². The zero-order valence-electron chi connectivity index (χ0n) is 12.2. The maximum atomic E-state index is 13.0. The molecule has 3 N–H and O–H groups in total. The molecule has 1 aliphatic carbocycles. The number of nitrogens with zero attached hydrogens (tertiary/aromatic N) is 1. The third kappa shape index (κ3) is 2.67. The molecule has 1 saturated carbocycles. The monoisotopic (exact) mass is 309 g/mol. The van der Waals surface area contributed by atoms with Crippen LogP contribution in [0, 0.1) is 5.92 Å². The van der Waals surface area contributed by atoms with Gasteiger partial charge in [-0.05, 0) is 43.7 Å². The van der Waals surface area contributed by atoms with Crippen molar-refractivity contribution >= 4 is 15.7 Å². The molecule has 1 aromatic carbocycles. The van der Waals surface area contributed by atoms with E-state index in [1.54, 1.807) is 28.6 Å². The fourth-order valence-corrected chi connectivity index (χ4v) is 5.73. The number of hydrogen-bond donors (Lipinski definition) is 2. The normalized spacial score (nSPS) is 24.5. The molecule has 0 aromatic heterocycles. The van der Waals surface area contributed by atoms with E-state index in [2.05, 4.69) is 5.43 Å². The highest BCUT2D eigenvalue weighted by molar-refractivity contribution is 7.89. The lowest BCUT2D eigenvalue weighted by Gasteiger charge is -2.29. The molecule has 3 rings (SSSR count). The van der Waals surface area contributed by atoms with E-state index < -0.39 is 10.0 Å². The van der Waals surface area contributed by atoms with Gasteiger partial charge < -0.3 is 5.43 Å². The predicted octanol–water partition coefficient (Wildman–Crippen LogP) is 2.32. The lowest BCUT2D eigenvalue weighted by atomic mass is 9.97. The van der Waals surface area contributed by atoms with Crippen molar-refractivity contribution < 1.29 is 8.42 Å². The van der Waals surface area contributed by atoms with Crippen LogP contribution in [-0.2, 0) is 10.0 Å². The Morgan fingerprint density at radius 3 is 2.52 bits per heavy atom. The molecule has 1 heterocycles. The summed E-state index contributed by atoms with van der Waals surface area (Å²) in [5.41, 5.74) is 2.97. The molecule has 0 bridgehead atoms. The highest BCUT2D eigenvalue weighted by Crippen LogP contribution is 2.38. The van der Waals surface area contributed by atoms with Gasteiger partial charge in [-0.25, -0.2) is 8.42 Å². The van der Waals surface area contributed by atoms with E-state index >= 15 is 0 Å². The molecule has 2 aliphatic rings. The summed E-state index contributed by atoms with van der Waals surface area (Å²) in [6, 6.07) is 7.03. The molecule has 5 nitrogen and oxygen atoms in total. The van der Waals surface area contributed by atoms with Crippen LogP contribution in [0.2, 0.25) is 0 Å². The van der Waals surface area contributed by atoms with E-state index in [4.69, 9.17) is 5.84 Å². The highest BCUT2D eigenvalue weighted by Gasteiger charge is 2.40. The van der Waals surface area contributed by atoms with Crippen molar-refractivity contribution in [2.45, 2.75) is 49.5 Å². The van der Waals surface area contributed by atoms with Crippen LogP contribution < -0.4 is 11.3 Å². The summed E-state index contributed by atoms with van der Waals surface area (Å²) in [4.78, 5) is 0.289. The number of nitrogen functional groups attached to an aromatic ring is 1. The van der Waals surface area contributed by atoms with Crippen LogP contribution >= 0.6 is 0 Å². The molecular weight excluding hydrogens is 286 g/mol. The van der Waals surface area contributed by atoms with Crippen LogP contribution in [0.3, 0.4) is 0 Å². The molecule has 1 atom stereocenters. The third-order valence-corrected chi connectivity index (χ3v) is 6.80. The largest absolute Gasteiger partial charge is 0.323 e. The van der Waals surface area contributed by atoms with Gasteiger partial charge in [0.2, 0.25) is 10.0 Å². The molecule has 6 heteroatoms. The number of nitrogens with two attached hydrogens (primary N) is 1. The van der Waals surface area contributed by atoms with E-state index in [1.165, 1.54) is 12.8 Å². The molecular formula is C15H23N3O2S. The molecule has 1 unspecified atom stereocenters. The highest BCUT2D eigenvalue weighted by atomic mass is 32.2. The quantitative estimate of drug-likeness (QED) is 0.661. The van der Waals surface area contributed by atoms with Crippen LogP contribution in [-0.4, -0.2) is 25.3 Å². The van der Waals surface area contributed by atoms with E-state index in [0.717, 1.165) is 25.7 Å². The van der Waals surface area contributed by atoms with Gasteiger partial charge in [-0.3, -0.25) is 5.84 Å². The van der Waals surface area contributed by atoms with Gasteiger partial charge in [0.25, 0.3) is 0 Å². The minimum atomic E-state index is -3.48. The average Bonchev–Trinajstić information content (AvgIpc) is 3.17. The Labute approximate surface area is 126 Å². The molecule has 0 amide bonds. The van der Waals surface area contributed by atoms with Crippen LogP contribution in [0.15, 0.2) is 29.2 Å². The molecule has 2 fully saturated rings. The maximum Gasteiger partial charge on any atom is 0.245 e. The van der Waals surface area contributed by atoms with Crippen molar-refractivity contribution in [2.75, 3.05) is 12.0 Å². The SMILES string of the molecule is NNc1ccccc1S(=O)(=O)N1CCCC1C1CCCC1. The number of para-hydroxylation sites is 1. The maximum absolute atomic E-state index is 13.0. The van der Waals surface area contributed by atoms with Gasteiger partial charge in [0.05, 0.1) is 5.69 Å². The summed E-state index contributed by atoms with van der Waals surface area (Å²) in [7, 11) is -3.48. The van der Waals surface area contributed by atoms with Gasteiger partial charge in [0.1, 0.15) is 4.90 Å². The second-order valence-corrected chi connectivity index (χ2v) is 7.87. The van der Waals surface area contributed by atoms with E-state index in [1.807, 2.05) is 0 Å². The van der Waals surface area contributed by atoms with Gasteiger partial charge in [0, 0.05) is 12.6 Å². The first kappa shape index (κ1) is 14.8. The zero-order chi connectivity index (χ0) is 14.9. The second-order valence-electron chi connectivity index (χ2n) is 6.01. The first-order valence-corrected chi connectivity index (χ1v) is 9.16. The fourth-order valence-electron chi connectivity index (χ4n) is 3.81. The van der Waals surface area contributed by atoms with Crippen LogP contribution in [0.25, 0.3) is 0 Å². The molecule has 116 valence electrons. The van der Waals surface area contributed by atoms with Crippen molar-refractivity contribution in [3.63, 3.8) is 0 Å². The summed E-state index contributed by atoms with van der Waals surface area (Å²) in [5, 5.41) is 0. The van der Waals surface area contributed by atoms with E-state index in [0.29, 0.717) is 18.2 Å². The number of nitrogens with one attached hydrogen (secondary N) is 1. The Morgan fingerprint density at radius 1 is 1.10 bits per heavy atom. The first-order chi connectivity index (χ1) is 10.1. The Morgan fingerprint density at radius 2 is 1.81 bits per heavy atom. The zero-order valence-corrected chi connectivity index (χ0v) is 13.0. The minimum absolute atomic E-state index is 0.170. The fraction of sp³-hybridized carbons (Fsp3) is 0.600. The minimum Gasteiger partial charge on any atom is -0.323 e. The molecule has 1 aromatic rings. The van der Waals surface area contributed by atoms with Crippen molar-refractivity contribution in [2.24, 2.45) is 11.8 Å². The number of hydrogen-bond acceptors (Lipinski definition) is 4. The molecule has 0 radical (unpaired) electrons. The number of sulfonamides is 1. The van der Waals surface area contributed by atoms with Crippen molar-refractivity contribution in [1.82, 2.24) is 4.31 Å². The standard InChI is InChI=1S/C15H23N3O2S/c16-17-13-8-3-4-10-15(13)21(19,20)18-11-5-9-14(18)12-6-1-2-7-12/h3-4,8,10,12,14,17H,1-2,5-7,9,11,16H2. The van der Waals surface area contributed by atoms with Crippen molar-refractivity contribution in [1.29, 1.82) is 0 Å². The summed E-state index contributed by atoms with van der Waals surface area (Å²) < 4.78 is 27.7. The van der Waals surface area contributed by atoms with Crippen LogP contribution in [0.5, 0.6) is 0 Å². The van der Waals surface area contributed by atoms with Gasteiger partial charge in [-0.2, -0.15) is 4.31 Å². The van der Waals surface area contributed by atoms with Crippen molar-refractivity contribution in [3.05, 3.63) is 24.3 Å². The van der Waals surface area contributed by atoms with Gasteiger partial charge in [-0.1, -0.05) is 25.0 Å². The summed E-state index contributed by atoms with van der Waals surface area (Å²) in [6.45, 7) is 0.627. The predicted molar refractivity (Wildman–Crippen MR) is 83.1 cm³/mol. The Bertz CT molecular complexity index is 597. The smallest absolute Gasteiger partial charge is 0.245 e. The van der Waals surface area contributed by atoms with Crippen molar-refractivity contribution in [3.8, 4) is 0 Å². The Hall–Kier alpha value is -1.11. The average molecular weight is 309 g/mol. The van der Waals surface area contributed by atoms with Gasteiger partial charge in [0.15, 0.2) is 0 Å². The summed E-state index contributed by atoms with van der Waals surface area (Å²) in [6.07, 6.45) is 6.73. The topological polar surface area (TPSA) is 75.4 Å².